The summed E-state index contributed by atoms with van der Waals surface area (Å²) in [5, 5.41) is 20.4. The van der Waals surface area contributed by atoms with E-state index < -0.39 is 43.6 Å². The number of hydrogen-bond acceptors (Lipinski definition) is 6. The molecule has 6 nitrogen and oxygen atoms in total. The van der Waals surface area contributed by atoms with E-state index in [1.165, 1.54) is 0 Å². The highest BCUT2D eigenvalue weighted by Crippen LogP contribution is 2.38. The Balaban J connectivity index is 1.55. The summed E-state index contributed by atoms with van der Waals surface area (Å²) in [4.78, 5) is 0. The molecule has 2 N–H and O–H groups in total. The van der Waals surface area contributed by atoms with Crippen molar-refractivity contribution in [3.8, 4) is 0 Å². The molecule has 0 aliphatic carbocycles. The first kappa shape index (κ1) is 18.8. The Kier molecular flexibility index (Phi) is 5.75. The van der Waals surface area contributed by atoms with Gasteiger partial charge >= 0.3 is 0 Å². The lowest BCUT2D eigenvalue weighted by molar-refractivity contribution is -0.373. The largest absolute Gasteiger partial charge is 0.394 e. The van der Waals surface area contributed by atoms with E-state index in [0.717, 1.165) is 11.1 Å². The maximum absolute atomic E-state index is 10.3. The predicted molar refractivity (Wildman–Crippen MR) is 97.0 cm³/mol. The minimum absolute atomic E-state index is 0.277. The first-order valence-corrected chi connectivity index (χ1v) is 9.21. The third kappa shape index (κ3) is 4.02. The van der Waals surface area contributed by atoms with Crippen LogP contribution in [0.25, 0.3) is 0 Å². The Bertz CT molecular complexity index is 740. The zero-order chi connectivity index (χ0) is 18.8. The van der Waals surface area contributed by atoms with Gasteiger partial charge in [0.2, 0.25) is 0 Å². The average molecular weight is 393 g/mol. The second-order valence-electron chi connectivity index (χ2n) is 6.59. The van der Waals surface area contributed by atoms with Crippen LogP contribution in [-0.4, -0.2) is 47.8 Å². The van der Waals surface area contributed by atoms with Crippen molar-refractivity contribution in [3.05, 3.63) is 70.7 Å². The minimum atomic E-state index is -1.10. The van der Waals surface area contributed by atoms with Gasteiger partial charge in [-0.1, -0.05) is 54.1 Å². The molecule has 2 aliphatic heterocycles. The molecule has 2 aliphatic rings. The molecule has 0 aromatic heterocycles. The number of aliphatic hydroxyl groups is 2. The SMILES string of the molecule is OC[C@@H](O)[C@H]1OC(c2ccccc2)O[C@H]2COC(c3ccc(Cl)cc3)O[C@@H]12. The lowest BCUT2D eigenvalue weighted by atomic mass is 9.99. The highest BCUT2D eigenvalue weighted by molar-refractivity contribution is 6.30. The van der Waals surface area contributed by atoms with E-state index in [1.54, 1.807) is 12.1 Å². The van der Waals surface area contributed by atoms with Gasteiger partial charge in [0, 0.05) is 16.1 Å². The van der Waals surface area contributed by atoms with Gasteiger partial charge in [-0.3, -0.25) is 0 Å². The lowest BCUT2D eigenvalue weighted by Crippen LogP contribution is -2.58. The summed E-state index contributed by atoms with van der Waals surface area (Å²) in [5.74, 6) is 0. The fourth-order valence-electron chi connectivity index (χ4n) is 3.34. The van der Waals surface area contributed by atoms with E-state index in [-0.39, 0.29) is 6.61 Å². The van der Waals surface area contributed by atoms with E-state index in [2.05, 4.69) is 0 Å². The number of rotatable bonds is 4. The van der Waals surface area contributed by atoms with Crippen LogP contribution in [0.1, 0.15) is 23.7 Å². The summed E-state index contributed by atoms with van der Waals surface area (Å²) in [7, 11) is 0. The van der Waals surface area contributed by atoms with Crippen LogP contribution in [0.2, 0.25) is 5.02 Å². The maximum Gasteiger partial charge on any atom is 0.184 e. The van der Waals surface area contributed by atoms with Crippen LogP contribution >= 0.6 is 11.6 Å². The quantitative estimate of drug-likeness (QED) is 0.832. The van der Waals surface area contributed by atoms with Crippen molar-refractivity contribution >= 4 is 11.6 Å². The third-order valence-electron chi connectivity index (χ3n) is 4.74. The molecule has 0 amide bonds. The molecule has 2 aromatic rings. The Labute approximate surface area is 162 Å². The molecule has 2 fully saturated rings. The molecule has 144 valence electrons. The van der Waals surface area contributed by atoms with Crippen molar-refractivity contribution < 1.29 is 29.2 Å². The highest BCUT2D eigenvalue weighted by Gasteiger charge is 2.48. The van der Waals surface area contributed by atoms with Gasteiger partial charge < -0.3 is 29.2 Å². The average Bonchev–Trinajstić information content (AvgIpc) is 2.73. The molecule has 7 heteroatoms. The molecule has 2 unspecified atom stereocenters. The van der Waals surface area contributed by atoms with Crippen LogP contribution < -0.4 is 0 Å². The Hall–Kier alpha value is -1.51. The fourth-order valence-corrected chi connectivity index (χ4v) is 3.46. The molecule has 2 saturated heterocycles. The third-order valence-corrected chi connectivity index (χ3v) is 4.99. The van der Waals surface area contributed by atoms with Crippen molar-refractivity contribution in [3.63, 3.8) is 0 Å². The highest BCUT2D eigenvalue weighted by atomic mass is 35.5. The van der Waals surface area contributed by atoms with Crippen molar-refractivity contribution in [2.75, 3.05) is 13.2 Å². The number of ether oxygens (including phenoxy) is 4. The van der Waals surface area contributed by atoms with Crippen LogP contribution in [0.15, 0.2) is 54.6 Å². The van der Waals surface area contributed by atoms with Gasteiger partial charge in [0.05, 0.1) is 13.2 Å². The van der Waals surface area contributed by atoms with Crippen molar-refractivity contribution in [1.29, 1.82) is 0 Å². The van der Waals surface area contributed by atoms with Crippen LogP contribution in [0.4, 0.5) is 0 Å². The van der Waals surface area contributed by atoms with Crippen LogP contribution in [0.3, 0.4) is 0 Å². The predicted octanol–water partition coefficient (Wildman–Crippen LogP) is 2.59. The van der Waals surface area contributed by atoms with Gasteiger partial charge in [-0.15, -0.1) is 0 Å². The summed E-state index contributed by atoms with van der Waals surface area (Å²) < 4.78 is 23.9. The maximum atomic E-state index is 10.3. The van der Waals surface area contributed by atoms with E-state index in [9.17, 15) is 10.2 Å². The zero-order valence-electron chi connectivity index (χ0n) is 14.5. The lowest BCUT2D eigenvalue weighted by Gasteiger charge is -2.47. The van der Waals surface area contributed by atoms with Gasteiger partial charge in [0.15, 0.2) is 12.6 Å². The minimum Gasteiger partial charge on any atom is -0.394 e. The van der Waals surface area contributed by atoms with Crippen molar-refractivity contribution in [2.45, 2.75) is 37.0 Å². The molecule has 0 spiro atoms. The molecule has 0 bridgehead atoms. The smallest absolute Gasteiger partial charge is 0.184 e. The van der Waals surface area contributed by atoms with Crippen molar-refractivity contribution in [2.24, 2.45) is 0 Å². The number of halogens is 1. The van der Waals surface area contributed by atoms with Gasteiger partial charge in [0.1, 0.15) is 24.4 Å². The van der Waals surface area contributed by atoms with E-state index in [0.29, 0.717) is 5.02 Å². The summed E-state index contributed by atoms with van der Waals surface area (Å²) in [6.07, 6.45) is -4.16. The molecular weight excluding hydrogens is 372 g/mol. The van der Waals surface area contributed by atoms with Crippen LogP contribution in [0, 0.1) is 0 Å². The van der Waals surface area contributed by atoms with Gasteiger partial charge in [-0.25, -0.2) is 0 Å². The summed E-state index contributed by atoms with van der Waals surface area (Å²) in [5.41, 5.74) is 1.63. The zero-order valence-corrected chi connectivity index (χ0v) is 15.2. The summed E-state index contributed by atoms with van der Waals surface area (Å²) >= 11 is 5.94. The number of hydrogen-bond donors (Lipinski definition) is 2. The standard InChI is InChI=1S/C20H21ClO6/c21-14-8-6-13(7-9-14)19-24-11-16-18(27-19)17(15(23)10-22)26-20(25-16)12-4-2-1-3-5-12/h1-9,15-20,22-23H,10-11H2/t15-,16+,17-,18-,19?,20?/m1/s1. The van der Waals surface area contributed by atoms with Crippen LogP contribution in [0.5, 0.6) is 0 Å². The summed E-state index contributed by atoms with van der Waals surface area (Å²) in [6.45, 7) is -0.162. The van der Waals surface area contributed by atoms with Crippen molar-refractivity contribution in [1.82, 2.24) is 0 Å². The molecule has 6 atom stereocenters. The normalized spacial score (nSPS) is 31.9. The number of aliphatic hydroxyl groups excluding tert-OH is 2. The van der Waals surface area contributed by atoms with Gasteiger partial charge in [-0.2, -0.15) is 0 Å². The second kappa shape index (κ2) is 8.24. The van der Waals surface area contributed by atoms with E-state index >= 15 is 0 Å². The molecule has 0 saturated carbocycles. The molecule has 27 heavy (non-hydrogen) atoms. The number of benzene rings is 2. The topological polar surface area (TPSA) is 77.4 Å². The Morgan fingerprint density at radius 2 is 1.63 bits per heavy atom. The summed E-state index contributed by atoms with van der Waals surface area (Å²) in [6, 6.07) is 16.6. The molecule has 0 radical (unpaired) electrons. The molecule has 2 heterocycles. The van der Waals surface area contributed by atoms with E-state index in [1.807, 2.05) is 42.5 Å². The number of fused-ring (bicyclic) bond motifs is 1. The Morgan fingerprint density at radius 3 is 2.33 bits per heavy atom. The monoisotopic (exact) mass is 392 g/mol. The first-order valence-electron chi connectivity index (χ1n) is 8.83. The fraction of sp³-hybridized carbons (Fsp3) is 0.400. The second-order valence-corrected chi connectivity index (χ2v) is 7.02. The van der Waals surface area contributed by atoms with Gasteiger partial charge in [-0.05, 0) is 12.1 Å². The first-order chi connectivity index (χ1) is 13.2. The Morgan fingerprint density at radius 1 is 0.926 bits per heavy atom. The molecular formula is C20H21ClO6. The van der Waals surface area contributed by atoms with Crippen LogP contribution in [-0.2, 0) is 18.9 Å². The molecule has 4 rings (SSSR count). The molecule has 2 aromatic carbocycles. The van der Waals surface area contributed by atoms with E-state index in [4.69, 9.17) is 30.5 Å². The van der Waals surface area contributed by atoms with Gasteiger partial charge in [0.25, 0.3) is 0 Å².